The Morgan fingerprint density at radius 2 is 1.92 bits per heavy atom. The molecule has 0 atom stereocenters. The molecular weight excluding hydrogens is 688 g/mol. The van der Waals surface area contributed by atoms with Gasteiger partial charge in [0.15, 0.2) is 11.5 Å². The first-order valence-corrected chi connectivity index (χ1v) is 13.8. The van der Waals surface area contributed by atoms with Crippen LogP contribution in [0.25, 0.3) is 10.9 Å². The third kappa shape index (κ3) is 5.97. The molecule has 0 saturated carbocycles. The first-order valence-electron chi connectivity index (χ1n) is 11.4. The largest absolute Gasteiger partial charge is 0.493 e. The van der Waals surface area contributed by atoms with Gasteiger partial charge in [-0.15, -0.1) is 0 Å². The minimum Gasteiger partial charge on any atom is -0.493 e. The molecule has 0 amide bonds. The minimum absolute atomic E-state index is 0.0157. The highest BCUT2D eigenvalue weighted by atomic mass is 79.9. The maximum absolute atomic E-state index is 13.3. The molecule has 4 aromatic rings. The Hall–Kier alpha value is -3.09. The number of hydrogen-bond donors (Lipinski definition) is 0. The van der Waals surface area contributed by atoms with Crippen LogP contribution in [0.2, 0.25) is 0 Å². The van der Waals surface area contributed by atoms with E-state index in [1.54, 1.807) is 36.5 Å². The van der Waals surface area contributed by atoms with Crippen molar-refractivity contribution >= 4 is 70.6 Å². The van der Waals surface area contributed by atoms with Crippen LogP contribution in [0.15, 0.2) is 71.8 Å². The van der Waals surface area contributed by atoms with Gasteiger partial charge in [0.25, 0.3) is 11.2 Å². The first-order chi connectivity index (χ1) is 18.2. The monoisotopic (exact) mass is 706 g/mol. The van der Waals surface area contributed by atoms with E-state index >= 15 is 0 Å². The summed E-state index contributed by atoms with van der Waals surface area (Å²) >= 11 is 10.5. The van der Waals surface area contributed by atoms with E-state index in [-0.39, 0.29) is 17.9 Å². The van der Waals surface area contributed by atoms with Gasteiger partial charge < -0.3 is 9.47 Å². The van der Waals surface area contributed by atoms with Gasteiger partial charge in [0, 0.05) is 33.1 Å². The Balaban J connectivity index is 1.70. The average Bonchev–Trinajstić information content (AvgIpc) is 2.90. The number of benzene rings is 3. The summed E-state index contributed by atoms with van der Waals surface area (Å²) in [5.41, 5.74) is 1.59. The molecule has 1 aromatic heterocycles. The lowest BCUT2D eigenvalue weighted by Gasteiger charge is -2.15. The van der Waals surface area contributed by atoms with E-state index in [0.29, 0.717) is 54.7 Å². The lowest BCUT2D eigenvalue weighted by atomic mass is 10.2. The van der Waals surface area contributed by atoms with Crippen LogP contribution in [0.1, 0.15) is 30.3 Å². The zero-order valence-electron chi connectivity index (χ0n) is 20.3. The fourth-order valence-corrected chi connectivity index (χ4v) is 5.02. The second kappa shape index (κ2) is 12.2. The highest BCUT2D eigenvalue weighted by Gasteiger charge is 2.18. The molecule has 9 nitrogen and oxygen atoms in total. The Morgan fingerprint density at radius 1 is 1.13 bits per heavy atom. The molecule has 196 valence electrons. The van der Waals surface area contributed by atoms with Gasteiger partial charge in [-0.1, -0.05) is 35.0 Å². The number of nitrogens with zero attached hydrogens (tertiary/aromatic N) is 4. The number of nitro groups is 1. The van der Waals surface area contributed by atoms with E-state index in [0.717, 1.165) is 10.9 Å². The van der Waals surface area contributed by atoms with Gasteiger partial charge in [-0.05, 0) is 68.1 Å². The number of methoxy groups -OCH3 is 1. The number of aromatic nitrogens is 2. The number of ether oxygens (including phenoxy) is 2. The van der Waals surface area contributed by atoms with Gasteiger partial charge in [0.1, 0.15) is 12.4 Å². The highest BCUT2D eigenvalue weighted by molar-refractivity contribution is 9.13. The van der Waals surface area contributed by atoms with Gasteiger partial charge in [0.2, 0.25) is 0 Å². The zero-order valence-corrected chi connectivity index (χ0v) is 25.0. The van der Waals surface area contributed by atoms with E-state index in [9.17, 15) is 14.9 Å². The van der Waals surface area contributed by atoms with Crippen LogP contribution in [0.4, 0.5) is 5.69 Å². The molecular formula is C26H21Br3N4O5. The van der Waals surface area contributed by atoms with Crippen molar-refractivity contribution in [3.8, 4) is 11.5 Å². The maximum Gasteiger partial charge on any atom is 0.282 e. The van der Waals surface area contributed by atoms with Crippen molar-refractivity contribution in [1.82, 2.24) is 9.66 Å². The molecule has 0 spiro atoms. The molecule has 0 aliphatic carbocycles. The Bertz CT molecular complexity index is 1620. The van der Waals surface area contributed by atoms with Gasteiger partial charge in [0.05, 0.1) is 33.6 Å². The van der Waals surface area contributed by atoms with Crippen molar-refractivity contribution in [3.63, 3.8) is 0 Å². The fourth-order valence-electron chi connectivity index (χ4n) is 3.72. The Morgan fingerprint density at radius 3 is 2.63 bits per heavy atom. The summed E-state index contributed by atoms with van der Waals surface area (Å²) in [6.45, 7) is 2.10. The van der Waals surface area contributed by atoms with Gasteiger partial charge in [-0.2, -0.15) is 9.78 Å². The van der Waals surface area contributed by atoms with Crippen LogP contribution in [-0.4, -0.2) is 27.9 Å². The minimum atomic E-state index is -0.453. The van der Waals surface area contributed by atoms with Crippen molar-refractivity contribution in [2.45, 2.75) is 26.4 Å². The van der Waals surface area contributed by atoms with Crippen LogP contribution in [-0.2, 0) is 13.0 Å². The lowest BCUT2D eigenvalue weighted by molar-refractivity contribution is -0.384. The molecule has 12 heteroatoms. The molecule has 4 rings (SSSR count). The molecule has 0 aliphatic heterocycles. The number of non-ortho nitro benzene ring substituents is 1. The third-order valence-corrected chi connectivity index (χ3v) is 8.18. The number of halogens is 3. The summed E-state index contributed by atoms with van der Waals surface area (Å²) in [5.74, 6) is 1.38. The SMILES string of the molecule is CCCc1nc2ccc(Br)cc2c(=O)n1N=Cc1cc(OC)c(OCc2cccc([N+](=O)[O-])c2)c(Br)c1Br. The van der Waals surface area contributed by atoms with E-state index in [1.807, 2.05) is 13.0 Å². The molecule has 3 aromatic carbocycles. The topological polar surface area (TPSA) is 109 Å². The Kier molecular flexibility index (Phi) is 8.95. The van der Waals surface area contributed by atoms with Gasteiger partial charge in [-0.25, -0.2) is 4.98 Å². The standard InChI is InChI=1S/C26H21Br3N4O5/c1-3-5-22-31-20-9-8-17(27)12-19(20)26(34)32(22)30-13-16-11-21(37-2)25(24(29)23(16)28)38-14-15-6-4-7-18(10-15)33(35)36/h4,6-13H,3,5,14H2,1-2H3. The molecule has 0 radical (unpaired) electrons. The predicted octanol–water partition coefficient (Wildman–Crippen LogP) is 7.01. The van der Waals surface area contributed by atoms with Gasteiger partial charge in [-0.3, -0.25) is 14.9 Å². The molecule has 0 aliphatic rings. The summed E-state index contributed by atoms with van der Waals surface area (Å²) in [5, 5.41) is 16.0. The molecule has 38 heavy (non-hydrogen) atoms. The van der Waals surface area contributed by atoms with Crippen molar-refractivity contribution in [1.29, 1.82) is 0 Å². The third-order valence-electron chi connectivity index (χ3n) is 5.54. The molecule has 0 fully saturated rings. The first kappa shape index (κ1) is 27.9. The lowest BCUT2D eigenvalue weighted by Crippen LogP contribution is -2.22. The number of aryl methyl sites for hydroxylation is 1. The van der Waals surface area contributed by atoms with Crippen LogP contribution in [0.5, 0.6) is 11.5 Å². The van der Waals surface area contributed by atoms with E-state index in [4.69, 9.17) is 9.47 Å². The number of nitro benzene ring substituents is 1. The van der Waals surface area contributed by atoms with Crippen molar-refractivity contribution in [3.05, 3.63) is 99.4 Å². The summed E-state index contributed by atoms with van der Waals surface area (Å²) in [4.78, 5) is 28.6. The normalized spacial score (nSPS) is 11.3. The Labute approximate surface area is 243 Å². The van der Waals surface area contributed by atoms with Crippen molar-refractivity contribution in [2.24, 2.45) is 5.10 Å². The van der Waals surface area contributed by atoms with Gasteiger partial charge >= 0.3 is 0 Å². The van der Waals surface area contributed by atoms with Crippen LogP contribution < -0.4 is 15.0 Å². The van der Waals surface area contributed by atoms with E-state index < -0.39 is 4.92 Å². The second-order valence-corrected chi connectivity index (χ2v) is 10.6. The number of fused-ring (bicyclic) bond motifs is 1. The fraction of sp³-hybridized carbons (Fsp3) is 0.192. The summed E-state index contributed by atoms with van der Waals surface area (Å²) in [6.07, 6.45) is 2.93. The molecule has 0 bridgehead atoms. The van der Waals surface area contributed by atoms with Crippen LogP contribution in [0, 0.1) is 10.1 Å². The smallest absolute Gasteiger partial charge is 0.282 e. The quantitative estimate of drug-likeness (QED) is 0.105. The predicted molar refractivity (Wildman–Crippen MR) is 157 cm³/mol. The second-order valence-electron chi connectivity index (χ2n) is 8.14. The molecule has 0 saturated heterocycles. The van der Waals surface area contributed by atoms with E-state index in [1.165, 1.54) is 23.9 Å². The summed E-state index contributed by atoms with van der Waals surface area (Å²) in [6, 6.07) is 13.3. The molecule has 1 heterocycles. The number of rotatable bonds is 9. The average molecular weight is 709 g/mol. The molecule has 0 N–H and O–H groups in total. The number of hydrogen-bond acceptors (Lipinski definition) is 7. The van der Waals surface area contributed by atoms with E-state index in [2.05, 4.69) is 57.9 Å². The summed E-state index contributed by atoms with van der Waals surface area (Å²) in [7, 11) is 1.51. The van der Waals surface area contributed by atoms with Crippen molar-refractivity contribution in [2.75, 3.05) is 7.11 Å². The highest BCUT2D eigenvalue weighted by Crippen LogP contribution is 2.42. The summed E-state index contributed by atoms with van der Waals surface area (Å²) < 4.78 is 14.8. The van der Waals surface area contributed by atoms with Crippen LogP contribution in [0.3, 0.4) is 0 Å². The van der Waals surface area contributed by atoms with Crippen molar-refractivity contribution < 1.29 is 14.4 Å². The zero-order chi connectivity index (χ0) is 27.4. The maximum atomic E-state index is 13.3. The van der Waals surface area contributed by atoms with Crippen LogP contribution >= 0.6 is 47.8 Å². The molecule has 0 unspecified atom stereocenters.